The molecular weight excluding hydrogens is 310 g/mol. The summed E-state index contributed by atoms with van der Waals surface area (Å²) in [6, 6.07) is 13.8. The number of nitrogens with one attached hydrogen (secondary N) is 1. The quantitative estimate of drug-likeness (QED) is 0.767. The van der Waals surface area contributed by atoms with Crippen molar-refractivity contribution >= 4 is 21.4 Å². The first kappa shape index (κ1) is 14.4. The summed E-state index contributed by atoms with van der Waals surface area (Å²) in [6.45, 7) is 1.84. The standard InChI is InChI=1S/C18H17NO3S/c1-20-14-6-7-16-17(11-23-18(16)8-14)22-13-4-2-12(3-5-13)21-15-9-19-10-15/h2-8,11,15,19H,9-10H2,1H3. The molecule has 2 heterocycles. The first-order valence-corrected chi connectivity index (χ1v) is 8.40. The zero-order valence-electron chi connectivity index (χ0n) is 12.7. The molecular formula is C18H17NO3S. The molecule has 2 aromatic carbocycles. The van der Waals surface area contributed by atoms with Crippen molar-refractivity contribution in [3.05, 3.63) is 47.8 Å². The van der Waals surface area contributed by atoms with E-state index in [1.165, 1.54) is 0 Å². The molecule has 0 spiro atoms. The highest BCUT2D eigenvalue weighted by atomic mass is 32.1. The van der Waals surface area contributed by atoms with Crippen molar-refractivity contribution in [1.29, 1.82) is 0 Å². The van der Waals surface area contributed by atoms with Crippen molar-refractivity contribution < 1.29 is 14.2 Å². The van der Waals surface area contributed by atoms with Crippen molar-refractivity contribution in [2.75, 3.05) is 20.2 Å². The Kier molecular flexibility index (Phi) is 3.81. The zero-order valence-corrected chi connectivity index (χ0v) is 13.6. The number of fused-ring (bicyclic) bond motifs is 1. The average molecular weight is 327 g/mol. The van der Waals surface area contributed by atoms with Gasteiger partial charge >= 0.3 is 0 Å². The molecule has 1 N–H and O–H groups in total. The molecule has 0 saturated carbocycles. The molecule has 1 fully saturated rings. The third-order valence-corrected chi connectivity index (χ3v) is 4.77. The second-order valence-electron chi connectivity index (χ2n) is 5.43. The van der Waals surface area contributed by atoms with Gasteiger partial charge in [-0.15, -0.1) is 11.3 Å². The maximum Gasteiger partial charge on any atom is 0.145 e. The maximum absolute atomic E-state index is 6.01. The lowest BCUT2D eigenvalue weighted by Crippen LogP contribution is -2.50. The van der Waals surface area contributed by atoms with Crippen molar-refractivity contribution in [1.82, 2.24) is 5.32 Å². The van der Waals surface area contributed by atoms with E-state index in [-0.39, 0.29) is 6.10 Å². The van der Waals surface area contributed by atoms with E-state index < -0.39 is 0 Å². The largest absolute Gasteiger partial charge is 0.497 e. The van der Waals surface area contributed by atoms with Gasteiger partial charge in [0.25, 0.3) is 0 Å². The van der Waals surface area contributed by atoms with Crippen LogP contribution in [0, 0.1) is 0 Å². The van der Waals surface area contributed by atoms with E-state index in [2.05, 4.69) is 5.32 Å². The predicted molar refractivity (Wildman–Crippen MR) is 92.2 cm³/mol. The van der Waals surface area contributed by atoms with Crippen LogP contribution >= 0.6 is 11.3 Å². The monoisotopic (exact) mass is 327 g/mol. The van der Waals surface area contributed by atoms with Crippen molar-refractivity contribution in [3.8, 4) is 23.0 Å². The summed E-state index contributed by atoms with van der Waals surface area (Å²) in [5.41, 5.74) is 0. The number of hydrogen-bond acceptors (Lipinski definition) is 5. The Balaban J connectivity index is 1.51. The highest BCUT2D eigenvalue weighted by Gasteiger charge is 2.18. The SMILES string of the molecule is COc1ccc2c(Oc3ccc(OC4CNC4)cc3)csc2c1. The number of ether oxygens (including phenoxy) is 3. The minimum absolute atomic E-state index is 0.289. The fourth-order valence-corrected chi connectivity index (χ4v) is 3.33. The predicted octanol–water partition coefficient (Wildman–Crippen LogP) is 4.05. The van der Waals surface area contributed by atoms with Gasteiger partial charge in [-0.05, 0) is 42.5 Å². The van der Waals surface area contributed by atoms with Gasteiger partial charge in [-0.25, -0.2) is 0 Å². The van der Waals surface area contributed by atoms with Crippen molar-refractivity contribution in [2.24, 2.45) is 0 Å². The van der Waals surface area contributed by atoms with Gasteiger partial charge in [-0.2, -0.15) is 0 Å². The molecule has 1 aromatic heterocycles. The van der Waals surface area contributed by atoms with Crippen LogP contribution in [-0.2, 0) is 0 Å². The number of thiophene rings is 1. The first-order chi connectivity index (χ1) is 11.3. The summed E-state index contributed by atoms with van der Waals surface area (Å²) in [5.74, 6) is 3.41. The van der Waals surface area contributed by atoms with Gasteiger partial charge in [0.05, 0.1) is 7.11 Å². The van der Waals surface area contributed by atoms with Crippen LogP contribution < -0.4 is 19.5 Å². The molecule has 0 amide bonds. The zero-order chi connectivity index (χ0) is 15.6. The Morgan fingerprint density at radius 1 is 1.00 bits per heavy atom. The van der Waals surface area contributed by atoms with E-state index in [9.17, 15) is 0 Å². The van der Waals surface area contributed by atoms with Gasteiger partial charge in [0.2, 0.25) is 0 Å². The van der Waals surface area contributed by atoms with Crippen LogP contribution in [0.25, 0.3) is 10.1 Å². The lowest BCUT2D eigenvalue weighted by atomic mass is 10.2. The summed E-state index contributed by atoms with van der Waals surface area (Å²) < 4.78 is 18.2. The fourth-order valence-electron chi connectivity index (χ4n) is 2.44. The molecule has 5 heteroatoms. The second-order valence-corrected chi connectivity index (χ2v) is 6.34. The topological polar surface area (TPSA) is 39.7 Å². The minimum atomic E-state index is 0.289. The number of methoxy groups -OCH3 is 1. The van der Waals surface area contributed by atoms with Crippen LogP contribution in [0.5, 0.6) is 23.0 Å². The van der Waals surface area contributed by atoms with Crippen molar-refractivity contribution in [2.45, 2.75) is 6.10 Å². The Morgan fingerprint density at radius 3 is 2.43 bits per heavy atom. The molecule has 23 heavy (non-hydrogen) atoms. The first-order valence-electron chi connectivity index (χ1n) is 7.52. The normalized spacial score (nSPS) is 14.5. The van der Waals surface area contributed by atoms with Gasteiger partial charge in [0.15, 0.2) is 0 Å². The van der Waals surface area contributed by atoms with Crippen LogP contribution in [0.4, 0.5) is 0 Å². The van der Waals surface area contributed by atoms with Gasteiger partial charge < -0.3 is 19.5 Å². The highest BCUT2D eigenvalue weighted by molar-refractivity contribution is 7.17. The second kappa shape index (κ2) is 6.10. The van der Waals surface area contributed by atoms with Crippen LogP contribution in [-0.4, -0.2) is 26.3 Å². The number of rotatable bonds is 5. The van der Waals surface area contributed by atoms with E-state index in [1.54, 1.807) is 18.4 Å². The minimum Gasteiger partial charge on any atom is -0.497 e. The Morgan fingerprint density at radius 2 is 1.74 bits per heavy atom. The molecule has 118 valence electrons. The van der Waals surface area contributed by atoms with Gasteiger partial charge in [-0.1, -0.05) is 0 Å². The van der Waals surface area contributed by atoms with Crippen LogP contribution in [0.3, 0.4) is 0 Å². The molecule has 0 bridgehead atoms. The van der Waals surface area contributed by atoms with E-state index >= 15 is 0 Å². The summed E-state index contributed by atoms with van der Waals surface area (Å²) in [7, 11) is 1.68. The highest BCUT2D eigenvalue weighted by Crippen LogP contribution is 2.37. The molecule has 0 unspecified atom stereocenters. The van der Waals surface area contributed by atoms with Gasteiger partial charge in [0, 0.05) is 28.6 Å². The Bertz CT molecular complexity index is 809. The lowest BCUT2D eigenvalue weighted by molar-refractivity contribution is 0.142. The van der Waals surface area contributed by atoms with E-state index in [1.807, 2.05) is 47.8 Å². The molecule has 1 aliphatic rings. The molecule has 0 atom stereocenters. The Hall–Kier alpha value is -2.24. The fraction of sp³-hybridized carbons (Fsp3) is 0.222. The van der Waals surface area contributed by atoms with Crippen molar-refractivity contribution in [3.63, 3.8) is 0 Å². The van der Waals surface area contributed by atoms with E-state index in [0.717, 1.165) is 46.2 Å². The molecule has 0 aliphatic carbocycles. The van der Waals surface area contributed by atoms with Crippen LogP contribution in [0.15, 0.2) is 47.8 Å². The molecule has 4 rings (SSSR count). The third kappa shape index (κ3) is 2.98. The van der Waals surface area contributed by atoms with Crippen LogP contribution in [0.1, 0.15) is 0 Å². The van der Waals surface area contributed by atoms with Gasteiger partial charge in [0.1, 0.15) is 29.1 Å². The molecule has 1 saturated heterocycles. The smallest absolute Gasteiger partial charge is 0.145 e. The molecule has 1 aliphatic heterocycles. The number of hydrogen-bond donors (Lipinski definition) is 1. The summed E-state index contributed by atoms with van der Waals surface area (Å²) >= 11 is 1.65. The third-order valence-electron chi connectivity index (χ3n) is 3.85. The summed E-state index contributed by atoms with van der Waals surface area (Å²) in [5, 5.41) is 6.31. The van der Waals surface area contributed by atoms with Crippen LogP contribution in [0.2, 0.25) is 0 Å². The maximum atomic E-state index is 6.01. The summed E-state index contributed by atoms with van der Waals surface area (Å²) in [4.78, 5) is 0. The van der Waals surface area contributed by atoms with E-state index in [4.69, 9.17) is 14.2 Å². The average Bonchev–Trinajstić information content (AvgIpc) is 2.94. The van der Waals surface area contributed by atoms with E-state index in [0.29, 0.717) is 0 Å². The van der Waals surface area contributed by atoms with Gasteiger partial charge in [-0.3, -0.25) is 0 Å². The molecule has 4 nitrogen and oxygen atoms in total. The Labute approximate surface area is 138 Å². The summed E-state index contributed by atoms with van der Waals surface area (Å²) in [6.07, 6.45) is 0.289. The number of benzene rings is 2. The molecule has 0 radical (unpaired) electrons. The molecule has 3 aromatic rings. The lowest BCUT2D eigenvalue weighted by Gasteiger charge is -2.27.